The van der Waals surface area contributed by atoms with Crippen LogP contribution in [0, 0.1) is 11.6 Å². The zero-order valence-corrected chi connectivity index (χ0v) is 22.2. The number of hydrogen-bond donors (Lipinski definition) is 2. The van der Waals surface area contributed by atoms with E-state index in [0.29, 0.717) is 17.0 Å². The first-order valence-corrected chi connectivity index (χ1v) is 12.7. The van der Waals surface area contributed by atoms with Crippen molar-refractivity contribution in [3.8, 4) is 11.1 Å². The molecule has 34 heavy (non-hydrogen) atoms. The molecule has 4 rings (SSSR count). The van der Waals surface area contributed by atoms with Gasteiger partial charge in [0, 0.05) is 27.7 Å². The Labute approximate surface area is 204 Å². The predicted octanol–water partition coefficient (Wildman–Crippen LogP) is 7.68. The van der Waals surface area contributed by atoms with Gasteiger partial charge in [0.15, 0.2) is 11.6 Å². The Kier molecular flexibility index (Phi) is 6.26. The topological polar surface area (TPSA) is 24.1 Å². The number of nitrogens with one attached hydrogen (secondary N) is 2. The van der Waals surface area contributed by atoms with Gasteiger partial charge < -0.3 is 10.6 Å². The van der Waals surface area contributed by atoms with Crippen molar-refractivity contribution in [3.63, 3.8) is 0 Å². The summed E-state index contributed by atoms with van der Waals surface area (Å²) >= 11 is 0. The SMILES string of the molecule is CC1(C)CC(c2ccc(-c3ccc(C4CC(C)(C)NC(C)(C)C4)c(F)c3F)cc2)CC(C)(C)N1. The second-order valence-corrected chi connectivity index (χ2v) is 13.4. The van der Waals surface area contributed by atoms with Gasteiger partial charge in [-0.15, -0.1) is 0 Å². The van der Waals surface area contributed by atoms with E-state index in [2.05, 4.69) is 78.2 Å². The van der Waals surface area contributed by atoms with E-state index in [4.69, 9.17) is 0 Å². The third kappa shape index (κ3) is 5.39. The van der Waals surface area contributed by atoms with Gasteiger partial charge in [0.05, 0.1) is 0 Å². The smallest absolute Gasteiger partial charge is 0.166 e. The Morgan fingerprint density at radius 3 is 1.50 bits per heavy atom. The molecule has 0 amide bonds. The molecule has 0 bridgehead atoms. The Balaban J connectivity index is 1.59. The lowest BCUT2D eigenvalue weighted by molar-refractivity contribution is 0.159. The molecule has 2 N–H and O–H groups in total. The second-order valence-electron chi connectivity index (χ2n) is 13.4. The minimum absolute atomic E-state index is 0.0104. The van der Waals surface area contributed by atoms with Crippen LogP contribution in [0.5, 0.6) is 0 Å². The van der Waals surface area contributed by atoms with E-state index >= 15 is 8.78 Å². The summed E-state index contributed by atoms with van der Waals surface area (Å²) in [5.74, 6) is -0.995. The number of piperidine rings is 2. The van der Waals surface area contributed by atoms with Crippen LogP contribution in [-0.2, 0) is 0 Å². The van der Waals surface area contributed by atoms with E-state index in [1.807, 2.05) is 18.2 Å². The quantitative estimate of drug-likeness (QED) is 0.483. The zero-order valence-electron chi connectivity index (χ0n) is 22.2. The highest BCUT2D eigenvalue weighted by Gasteiger charge is 2.40. The number of benzene rings is 2. The normalized spacial score (nSPS) is 24.2. The summed E-state index contributed by atoms with van der Waals surface area (Å²) in [4.78, 5) is 0. The summed E-state index contributed by atoms with van der Waals surface area (Å²) < 4.78 is 30.7. The molecule has 2 nitrogen and oxygen atoms in total. The molecule has 186 valence electrons. The standard InChI is InChI=1S/C30H42F2N2/c1-27(2)15-21(16-28(3,4)33-27)19-9-11-20(12-10-19)23-13-14-24(26(32)25(23)31)22-17-29(5,6)34-30(7,8)18-22/h9-14,21-22,33-34H,15-18H2,1-8H3. The third-order valence-electron chi connectivity index (χ3n) is 7.63. The maximum Gasteiger partial charge on any atom is 0.166 e. The number of hydrogen-bond acceptors (Lipinski definition) is 2. The molecular formula is C30H42F2N2. The van der Waals surface area contributed by atoms with Gasteiger partial charge in [-0.05, 0) is 110 Å². The lowest BCUT2D eigenvalue weighted by atomic mass is 9.72. The zero-order chi connectivity index (χ0) is 25.1. The fraction of sp³-hybridized carbons (Fsp3) is 0.600. The van der Waals surface area contributed by atoms with Gasteiger partial charge in [-0.1, -0.05) is 36.4 Å². The molecule has 0 aromatic heterocycles. The minimum Gasteiger partial charge on any atom is -0.307 e. The van der Waals surface area contributed by atoms with Crippen LogP contribution in [0.4, 0.5) is 8.78 Å². The largest absolute Gasteiger partial charge is 0.307 e. The molecule has 2 heterocycles. The van der Waals surface area contributed by atoms with E-state index in [1.165, 1.54) is 5.56 Å². The van der Waals surface area contributed by atoms with Crippen molar-refractivity contribution in [1.29, 1.82) is 0 Å². The lowest BCUT2D eigenvalue weighted by Gasteiger charge is -2.47. The first kappa shape index (κ1) is 25.3. The summed E-state index contributed by atoms with van der Waals surface area (Å²) in [5.41, 5.74) is 2.71. The van der Waals surface area contributed by atoms with Crippen molar-refractivity contribution >= 4 is 0 Å². The van der Waals surface area contributed by atoms with Crippen LogP contribution in [-0.4, -0.2) is 22.2 Å². The van der Waals surface area contributed by atoms with E-state index in [-0.39, 0.29) is 28.1 Å². The molecule has 2 aliphatic rings. The summed E-state index contributed by atoms with van der Waals surface area (Å²) in [7, 11) is 0. The highest BCUT2D eigenvalue weighted by Crippen LogP contribution is 2.42. The molecular weight excluding hydrogens is 426 g/mol. The molecule has 0 spiro atoms. The van der Waals surface area contributed by atoms with Crippen LogP contribution >= 0.6 is 0 Å². The van der Waals surface area contributed by atoms with Gasteiger partial charge in [-0.3, -0.25) is 0 Å². The van der Waals surface area contributed by atoms with Crippen molar-refractivity contribution in [2.24, 2.45) is 0 Å². The fourth-order valence-electron chi connectivity index (χ4n) is 7.14. The van der Waals surface area contributed by atoms with E-state index < -0.39 is 11.6 Å². The van der Waals surface area contributed by atoms with Crippen LogP contribution in [0.2, 0.25) is 0 Å². The summed E-state index contributed by atoms with van der Waals surface area (Å²) in [6.45, 7) is 17.5. The minimum atomic E-state index is -0.733. The average molecular weight is 469 g/mol. The average Bonchev–Trinajstić information content (AvgIpc) is 2.65. The Bertz CT molecular complexity index is 1020. The third-order valence-corrected chi connectivity index (χ3v) is 7.63. The maximum atomic E-state index is 15.4. The van der Waals surface area contributed by atoms with Crippen LogP contribution < -0.4 is 10.6 Å². The molecule has 2 aliphatic heterocycles. The van der Waals surface area contributed by atoms with E-state index in [1.54, 1.807) is 6.07 Å². The monoisotopic (exact) mass is 468 g/mol. The van der Waals surface area contributed by atoms with Crippen molar-refractivity contribution in [2.45, 2.75) is 115 Å². The first-order chi connectivity index (χ1) is 15.6. The molecule has 4 heteroatoms. The van der Waals surface area contributed by atoms with E-state index in [9.17, 15) is 0 Å². The van der Waals surface area contributed by atoms with Gasteiger partial charge in [0.2, 0.25) is 0 Å². The molecule has 2 saturated heterocycles. The molecule has 0 aliphatic carbocycles. The highest BCUT2D eigenvalue weighted by atomic mass is 19.2. The van der Waals surface area contributed by atoms with Crippen molar-refractivity contribution in [1.82, 2.24) is 10.6 Å². The molecule has 0 saturated carbocycles. The van der Waals surface area contributed by atoms with Gasteiger partial charge in [0.25, 0.3) is 0 Å². The van der Waals surface area contributed by atoms with Gasteiger partial charge in [-0.25, -0.2) is 8.78 Å². The van der Waals surface area contributed by atoms with Gasteiger partial charge in [0.1, 0.15) is 0 Å². The molecule has 0 atom stereocenters. The summed E-state index contributed by atoms with van der Waals surface area (Å²) in [6, 6.07) is 11.7. The summed E-state index contributed by atoms with van der Waals surface area (Å²) in [5, 5.41) is 7.35. The fourth-order valence-corrected chi connectivity index (χ4v) is 7.14. The Hall–Kier alpha value is -1.78. The second kappa shape index (κ2) is 8.41. The predicted molar refractivity (Wildman–Crippen MR) is 138 cm³/mol. The van der Waals surface area contributed by atoms with Crippen molar-refractivity contribution < 1.29 is 8.78 Å². The van der Waals surface area contributed by atoms with Crippen LogP contribution in [0.15, 0.2) is 36.4 Å². The Morgan fingerprint density at radius 2 is 1.03 bits per heavy atom. The van der Waals surface area contributed by atoms with Gasteiger partial charge >= 0.3 is 0 Å². The first-order valence-electron chi connectivity index (χ1n) is 12.7. The summed E-state index contributed by atoms with van der Waals surface area (Å²) in [6.07, 6.45) is 3.67. The number of halogens is 2. The van der Waals surface area contributed by atoms with Crippen molar-refractivity contribution in [2.75, 3.05) is 0 Å². The van der Waals surface area contributed by atoms with Crippen LogP contribution in [0.25, 0.3) is 11.1 Å². The molecule has 2 aromatic rings. The van der Waals surface area contributed by atoms with E-state index in [0.717, 1.165) is 31.2 Å². The lowest BCUT2D eigenvalue weighted by Crippen LogP contribution is -2.57. The molecule has 0 unspecified atom stereocenters. The Morgan fingerprint density at radius 1 is 0.588 bits per heavy atom. The maximum absolute atomic E-state index is 15.4. The van der Waals surface area contributed by atoms with Crippen LogP contribution in [0.1, 0.15) is 104 Å². The van der Waals surface area contributed by atoms with Crippen molar-refractivity contribution in [3.05, 3.63) is 59.2 Å². The molecule has 0 radical (unpaired) electrons. The molecule has 2 aromatic carbocycles. The van der Waals surface area contributed by atoms with Gasteiger partial charge in [-0.2, -0.15) is 0 Å². The highest BCUT2D eigenvalue weighted by molar-refractivity contribution is 5.65. The molecule has 2 fully saturated rings. The van der Waals surface area contributed by atoms with Crippen LogP contribution in [0.3, 0.4) is 0 Å². The number of rotatable bonds is 3.